The van der Waals surface area contributed by atoms with Crippen LogP contribution in [0.5, 0.6) is 0 Å². The Kier molecular flexibility index (Phi) is 5.76. The molecule has 176 valence electrons. The zero-order chi connectivity index (χ0) is 24.5. The van der Waals surface area contributed by atoms with Crippen LogP contribution < -0.4 is 10.8 Å². The number of fused-ring (bicyclic) bond motifs is 1. The number of aromatic nitrogens is 7. The normalized spacial score (nSPS) is 11.8. The van der Waals surface area contributed by atoms with Crippen molar-refractivity contribution in [1.29, 1.82) is 0 Å². The van der Waals surface area contributed by atoms with Gasteiger partial charge in [-0.3, -0.25) is 0 Å². The van der Waals surface area contributed by atoms with E-state index >= 15 is 0 Å². The molecule has 0 aliphatic heterocycles. The number of imidazole rings is 2. The van der Waals surface area contributed by atoms with E-state index in [-0.39, 0.29) is 0 Å². The minimum absolute atomic E-state index is 0.464. The fraction of sp³-hybridized carbons (Fsp3) is 0. The first kappa shape index (κ1) is 22.1. The summed E-state index contributed by atoms with van der Waals surface area (Å²) < 4.78 is 0. The lowest BCUT2D eigenvalue weighted by molar-refractivity contribution is 1.10. The molecule has 4 aromatic heterocycles. The van der Waals surface area contributed by atoms with Crippen molar-refractivity contribution in [2.45, 2.75) is 10.1 Å². The van der Waals surface area contributed by atoms with E-state index in [4.69, 9.17) is 4.99 Å². The molecule has 0 spiro atoms. The molecular weight excluding hydrogens is 490 g/mol. The van der Waals surface area contributed by atoms with Gasteiger partial charge in [-0.1, -0.05) is 60.7 Å². The van der Waals surface area contributed by atoms with Crippen LogP contribution in [0.25, 0.3) is 33.5 Å². The number of hydrogen-bond donors (Lipinski definition) is 6. The van der Waals surface area contributed by atoms with E-state index in [1.54, 1.807) is 0 Å². The van der Waals surface area contributed by atoms with Gasteiger partial charge in [0.15, 0.2) is 11.3 Å². The van der Waals surface area contributed by atoms with Crippen LogP contribution in [-0.2, 0) is 0 Å². The molecule has 2 aromatic carbocycles. The van der Waals surface area contributed by atoms with Gasteiger partial charge in [0.2, 0.25) is 0 Å². The van der Waals surface area contributed by atoms with Crippen molar-refractivity contribution in [3.05, 3.63) is 84.9 Å². The van der Waals surface area contributed by atoms with Gasteiger partial charge in [-0.05, 0) is 0 Å². The third-order valence-electron chi connectivity index (χ3n) is 5.51. The highest BCUT2D eigenvalue weighted by molar-refractivity contribution is 7.80. The van der Waals surface area contributed by atoms with Gasteiger partial charge in [0.05, 0.1) is 0 Å². The fourth-order valence-corrected chi connectivity index (χ4v) is 4.21. The molecule has 0 amide bonds. The molecule has 4 heterocycles. The first-order valence-corrected chi connectivity index (χ1v) is 11.9. The van der Waals surface area contributed by atoms with Gasteiger partial charge in [-0.2, -0.15) is 0 Å². The molecule has 0 unspecified atom stereocenters. The van der Waals surface area contributed by atoms with Gasteiger partial charge >= 0.3 is 0 Å². The zero-order valence-electron chi connectivity index (χ0n) is 18.6. The van der Waals surface area contributed by atoms with Crippen molar-refractivity contribution in [3.63, 3.8) is 0 Å². The van der Waals surface area contributed by atoms with Crippen molar-refractivity contribution < 1.29 is 0 Å². The summed E-state index contributed by atoms with van der Waals surface area (Å²) in [6, 6.07) is 19.6. The molecule has 6 rings (SSSR count). The maximum atomic E-state index is 4.71. The van der Waals surface area contributed by atoms with Crippen molar-refractivity contribution >= 4 is 53.5 Å². The first-order valence-electron chi connectivity index (χ1n) is 11.0. The average molecular weight is 510 g/mol. The predicted octanol–water partition coefficient (Wildman–Crippen LogP) is 5.29. The van der Waals surface area contributed by atoms with Crippen molar-refractivity contribution in [1.82, 2.24) is 34.9 Å². The number of anilines is 2. The second-order valence-corrected chi connectivity index (χ2v) is 8.69. The van der Waals surface area contributed by atoms with E-state index in [1.165, 1.54) is 6.33 Å². The predicted molar refractivity (Wildman–Crippen MR) is 145 cm³/mol. The molecule has 0 fully saturated rings. The Morgan fingerprint density at radius 3 is 2.08 bits per heavy atom. The minimum atomic E-state index is 0.464. The molecule has 0 atom stereocenters. The minimum Gasteiger partial charge on any atom is -0.366 e. The topological polar surface area (TPSA) is 123 Å². The summed E-state index contributed by atoms with van der Waals surface area (Å²) in [5.74, 6) is 3.08. The van der Waals surface area contributed by atoms with Gasteiger partial charge in [-0.25, -0.2) is 24.9 Å². The molecule has 0 saturated carbocycles. The Morgan fingerprint density at radius 1 is 0.722 bits per heavy atom. The van der Waals surface area contributed by atoms with Crippen LogP contribution in [0.2, 0.25) is 0 Å². The number of aromatic amines is 3. The fourth-order valence-electron chi connectivity index (χ4n) is 3.79. The molecule has 0 bridgehead atoms. The van der Waals surface area contributed by atoms with E-state index in [9.17, 15) is 0 Å². The standard InChI is InChI=1S/C25H19N9S2/c35-24-22(29-18(33-24)14-7-3-1-4-8-14)31-20-16-11-26-12-17(16)21(28-13-27-20)32-23-25(36)34-19(30-23)15-9-5-2-6-10-15/h1-13,26,35-36H,(H,29,33)(H,30,34)(H,27,28,31,32). The lowest BCUT2D eigenvalue weighted by Crippen LogP contribution is -2.03. The highest BCUT2D eigenvalue weighted by Crippen LogP contribution is 2.28. The monoisotopic (exact) mass is 509 g/mol. The zero-order valence-corrected chi connectivity index (χ0v) is 20.4. The third kappa shape index (κ3) is 4.25. The van der Waals surface area contributed by atoms with Gasteiger partial charge in [0.1, 0.15) is 39.7 Å². The van der Waals surface area contributed by atoms with Gasteiger partial charge in [0.25, 0.3) is 0 Å². The molecule has 0 saturated heterocycles. The van der Waals surface area contributed by atoms with Gasteiger partial charge in [0, 0.05) is 34.3 Å². The Hall–Kier alpha value is -4.35. The number of H-pyrrole nitrogens is 3. The van der Waals surface area contributed by atoms with Crippen LogP contribution in [-0.4, -0.2) is 34.9 Å². The second-order valence-electron chi connectivity index (χ2n) is 7.84. The Balaban J connectivity index is 1.39. The third-order valence-corrected chi connectivity index (χ3v) is 6.15. The summed E-state index contributed by atoms with van der Waals surface area (Å²) in [6.07, 6.45) is 5.12. The van der Waals surface area contributed by atoms with Crippen molar-refractivity contribution in [2.75, 3.05) is 5.32 Å². The quantitative estimate of drug-likeness (QED) is 0.176. The summed E-state index contributed by atoms with van der Waals surface area (Å²) in [7, 11) is 0. The molecule has 9 nitrogen and oxygen atoms in total. The summed E-state index contributed by atoms with van der Waals surface area (Å²) in [5.41, 5.74) is 2.36. The smallest absolute Gasteiger partial charge is 0.166 e. The summed E-state index contributed by atoms with van der Waals surface area (Å²) >= 11 is 9.04. The number of benzene rings is 2. The number of hydrogen-bond acceptors (Lipinski definition) is 8. The summed E-state index contributed by atoms with van der Waals surface area (Å²) in [6.45, 7) is 0. The Labute approximate surface area is 216 Å². The maximum absolute atomic E-state index is 4.71. The largest absolute Gasteiger partial charge is 0.366 e. The molecule has 36 heavy (non-hydrogen) atoms. The maximum Gasteiger partial charge on any atom is 0.166 e. The molecule has 6 aromatic rings. The van der Waals surface area contributed by atoms with Crippen LogP contribution in [0.1, 0.15) is 0 Å². The van der Waals surface area contributed by atoms with Crippen LogP contribution in [0.3, 0.4) is 0 Å². The van der Waals surface area contributed by atoms with Crippen molar-refractivity contribution in [3.8, 4) is 22.8 Å². The number of nitrogens with zero attached hydrogens (tertiary/aromatic N) is 5. The summed E-state index contributed by atoms with van der Waals surface area (Å²) in [5, 5.41) is 5.85. The van der Waals surface area contributed by atoms with Crippen LogP contribution >= 0.6 is 25.3 Å². The van der Waals surface area contributed by atoms with E-state index in [2.05, 4.69) is 65.5 Å². The molecule has 4 N–H and O–H groups in total. The number of thiol groups is 2. The number of nitrogens with one attached hydrogen (secondary N) is 4. The SMILES string of the molecule is Sc1nc(-c2ccccc2)[nH]c1/N=c1\ncnc(Nc2[nH]c(-c3ccccc3)nc2S)c2c[nH]cc12. The lowest BCUT2D eigenvalue weighted by Gasteiger charge is -2.02. The molecule has 11 heteroatoms. The average Bonchev–Trinajstić information content (AvgIpc) is 3.60. The lowest BCUT2D eigenvalue weighted by atomic mass is 10.2. The number of rotatable bonds is 5. The highest BCUT2D eigenvalue weighted by Gasteiger charge is 2.13. The molecule has 0 aliphatic rings. The van der Waals surface area contributed by atoms with Crippen LogP contribution in [0, 0.1) is 0 Å². The summed E-state index contributed by atoms with van der Waals surface area (Å²) in [4.78, 5) is 32.4. The Bertz CT molecular complexity index is 1740. The van der Waals surface area contributed by atoms with Gasteiger partial charge in [-0.15, -0.1) is 25.3 Å². The molecule has 0 aliphatic carbocycles. The van der Waals surface area contributed by atoms with Crippen LogP contribution in [0.15, 0.2) is 94.4 Å². The van der Waals surface area contributed by atoms with E-state index in [0.717, 1.165) is 21.9 Å². The van der Waals surface area contributed by atoms with E-state index in [1.807, 2.05) is 73.1 Å². The first-order chi connectivity index (χ1) is 17.7. The Morgan fingerprint density at radius 2 is 1.36 bits per heavy atom. The van der Waals surface area contributed by atoms with Crippen LogP contribution in [0.4, 0.5) is 17.5 Å². The van der Waals surface area contributed by atoms with E-state index in [0.29, 0.717) is 44.6 Å². The molecule has 0 radical (unpaired) electrons. The van der Waals surface area contributed by atoms with E-state index < -0.39 is 0 Å². The highest BCUT2D eigenvalue weighted by atomic mass is 32.1. The second kappa shape index (κ2) is 9.36. The van der Waals surface area contributed by atoms with Gasteiger partial charge < -0.3 is 20.3 Å². The van der Waals surface area contributed by atoms with Crippen molar-refractivity contribution in [2.24, 2.45) is 4.99 Å². The molecular formula is C25H19N9S2.